The van der Waals surface area contributed by atoms with Gasteiger partial charge in [-0.1, -0.05) is 0 Å². The number of halogens is 2. The van der Waals surface area contributed by atoms with Gasteiger partial charge in [0.1, 0.15) is 0 Å². The fourth-order valence-corrected chi connectivity index (χ4v) is 17.8. The molecule has 0 aromatic heterocycles. The third-order valence-electron chi connectivity index (χ3n) is 13.0. The summed E-state index contributed by atoms with van der Waals surface area (Å²) in [4.78, 5) is 0. The van der Waals surface area contributed by atoms with Crippen LogP contribution in [0.3, 0.4) is 0 Å². The summed E-state index contributed by atoms with van der Waals surface area (Å²) in [6.45, 7) is 0. The van der Waals surface area contributed by atoms with Gasteiger partial charge in [0, 0.05) is 0 Å². The van der Waals surface area contributed by atoms with Crippen molar-refractivity contribution in [3.63, 3.8) is 0 Å². The Labute approximate surface area is 278 Å². The van der Waals surface area contributed by atoms with Gasteiger partial charge in [-0.2, -0.15) is 0 Å². The Hall–Kier alpha value is -0.916. The summed E-state index contributed by atoms with van der Waals surface area (Å²) < 4.78 is 4.77. The van der Waals surface area contributed by atoms with Gasteiger partial charge in [-0.15, -0.1) is 0 Å². The first kappa shape index (κ1) is 30.7. The Bertz CT molecular complexity index is 1350. The van der Waals surface area contributed by atoms with Crippen molar-refractivity contribution >= 4 is 3.81 Å². The van der Waals surface area contributed by atoms with Crippen molar-refractivity contribution in [1.82, 2.24) is 0 Å². The van der Waals surface area contributed by atoms with Gasteiger partial charge in [-0.05, 0) is 0 Å². The van der Waals surface area contributed by atoms with Crippen molar-refractivity contribution in [1.29, 1.82) is 0 Å². The van der Waals surface area contributed by atoms with E-state index in [0.29, 0.717) is 4.22 Å². The molecule has 2 aromatic rings. The van der Waals surface area contributed by atoms with E-state index in [9.17, 15) is 0 Å². The predicted octanol–water partition coefficient (Wildman–Crippen LogP) is 4.95. The molecule has 3 heteroatoms. The summed E-state index contributed by atoms with van der Waals surface area (Å²) in [5.74, 6) is 5.60. The van der Waals surface area contributed by atoms with Crippen molar-refractivity contribution in [3.05, 3.63) is 80.8 Å². The Balaban J connectivity index is 0.00000150. The maximum Gasteiger partial charge on any atom is -1.00 e. The zero-order valence-electron chi connectivity index (χ0n) is 25.8. The summed E-state index contributed by atoms with van der Waals surface area (Å²) in [5.41, 5.74) is 10.1. The van der Waals surface area contributed by atoms with Crippen molar-refractivity contribution in [3.8, 4) is 11.1 Å². The first-order valence-electron chi connectivity index (χ1n) is 17.7. The van der Waals surface area contributed by atoms with Crippen LogP contribution >= 0.6 is 0 Å². The first-order chi connectivity index (χ1) is 20.3. The van der Waals surface area contributed by atoms with E-state index < -0.39 is 17.4 Å². The largest absolute Gasteiger partial charge is 1.00 e. The van der Waals surface area contributed by atoms with Crippen LogP contribution in [0, 0.1) is 23.7 Å². The van der Waals surface area contributed by atoms with Gasteiger partial charge in [-0.25, -0.2) is 0 Å². The first-order valence-corrected chi connectivity index (χ1v) is 20.1. The van der Waals surface area contributed by atoms with Gasteiger partial charge in [-0.3, -0.25) is 0 Å². The maximum absolute atomic E-state index is 2.79. The van der Waals surface area contributed by atoms with Crippen LogP contribution in [0.2, 0.25) is 0 Å². The molecule has 8 aliphatic carbocycles. The molecule has 2 aromatic carbocycles. The molecule has 0 heterocycles. The second-order valence-electron chi connectivity index (χ2n) is 15.3. The SMILES string of the molecule is C1=CC[C]([Ti+2](=[C]2C3CC4CC(C3)CC2C4)[CH]2c3cc(C4CCCCC4)ccc3-c3ccc(C4CCCCC4)cc32)=C1.[Cl-].[Cl-]. The van der Waals surface area contributed by atoms with Gasteiger partial charge in [0.25, 0.3) is 0 Å². The molecule has 0 saturated heterocycles. The number of rotatable bonds is 4. The Morgan fingerprint density at radius 1 is 0.558 bits per heavy atom. The van der Waals surface area contributed by atoms with Crippen molar-refractivity contribution < 1.29 is 42.2 Å². The summed E-state index contributed by atoms with van der Waals surface area (Å²) in [6, 6.07) is 15.9. The summed E-state index contributed by atoms with van der Waals surface area (Å²) >= 11 is -1.79. The molecule has 0 nitrogen and oxygen atoms in total. The van der Waals surface area contributed by atoms with Gasteiger partial charge in [0.2, 0.25) is 0 Å². The topological polar surface area (TPSA) is 0 Å². The number of fused-ring (bicyclic) bond motifs is 3. The van der Waals surface area contributed by atoms with E-state index in [4.69, 9.17) is 0 Å². The molecular formula is C40H48Cl2Ti. The van der Waals surface area contributed by atoms with E-state index in [0.717, 1.165) is 35.5 Å². The van der Waals surface area contributed by atoms with Gasteiger partial charge >= 0.3 is 256 Å². The fraction of sp³-hybridized carbons (Fsp3) is 0.575. The van der Waals surface area contributed by atoms with Crippen molar-refractivity contribution in [2.45, 2.75) is 119 Å². The van der Waals surface area contributed by atoms with E-state index in [-0.39, 0.29) is 24.8 Å². The van der Waals surface area contributed by atoms with E-state index in [1.165, 1.54) is 96.3 Å². The quantitative estimate of drug-likeness (QED) is 0.413. The third kappa shape index (κ3) is 5.37. The predicted molar refractivity (Wildman–Crippen MR) is 169 cm³/mol. The summed E-state index contributed by atoms with van der Waals surface area (Å²) in [5, 5.41) is 0. The van der Waals surface area contributed by atoms with Gasteiger partial charge < -0.3 is 24.8 Å². The van der Waals surface area contributed by atoms with Crippen molar-refractivity contribution in [2.24, 2.45) is 23.7 Å². The molecule has 43 heavy (non-hydrogen) atoms. The smallest absolute Gasteiger partial charge is 1.00 e. The molecule has 226 valence electrons. The second-order valence-corrected chi connectivity index (χ2v) is 19.4. The molecule has 6 fully saturated rings. The standard InChI is InChI=1S/C25H29.C10H14.C5H5.2ClH.Ti/c1-3-7-18(8-4-1)20-11-13-24-22(15-20)17-23-16-21(12-14-25(23)24)19-9-5-2-6-10-19;1-7-2-9-4-8(1)5-10(3-7)6-9;1-2-4-5-3-1;;;/h11-19H,1-10H2;7-10H,1-5H2;1-3H,4H2;2*1H;/q;;;;;+2/p-2. The summed E-state index contributed by atoms with van der Waals surface area (Å²) in [6.07, 6.45) is 30.7. The fourth-order valence-electron chi connectivity index (χ4n) is 11.3. The van der Waals surface area contributed by atoms with Crippen LogP contribution in [0.4, 0.5) is 0 Å². The monoisotopic (exact) mass is 646 g/mol. The van der Waals surface area contributed by atoms with E-state index in [2.05, 4.69) is 58.4 Å². The van der Waals surface area contributed by atoms with Crippen LogP contribution < -0.4 is 24.8 Å². The average molecular weight is 648 g/mol. The van der Waals surface area contributed by atoms with Crippen molar-refractivity contribution in [2.75, 3.05) is 0 Å². The van der Waals surface area contributed by atoms with Crippen LogP contribution in [0.5, 0.6) is 0 Å². The minimum absolute atomic E-state index is 0. The molecule has 0 N–H and O–H groups in total. The molecule has 0 unspecified atom stereocenters. The minimum atomic E-state index is -1.79. The number of allylic oxidation sites excluding steroid dienone is 4. The average Bonchev–Trinajstić information content (AvgIpc) is 3.66. The molecule has 0 spiro atoms. The van der Waals surface area contributed by atoms with Crippen LogP contribution in [-0.4, -0.2) is 3.81 Å². The second kappa shape index (κ2) is 12.7. The molecule has 0 atom stereocenters. The Morgan fingerprint density at radius 3 is 1.53 bits per heavy atom. The van der Waals surface area contributed by atoms with Gasteiger partial charge in [0.05, 0.1) is 0 Å². The van der Waals surface area contributed by atoms with Crippen LogP contribution in [-0.2, 0) is 17.4 Å². The van der Waals surface area contributed by atoms with E-state index in [1.807, 2.05) is 3.88 Å². The zero-order valence-corrected chi connectivity index (χ0v) is 28.9. The maximum atomic E-state index is 2.79. The summed E-state index contributed by atoms with van der Waals surface area (Å²) in [7, 11) is 0. The molecule has 6 saturated carbocycles. The Kier molecular flexibility index (Phi) is 9.08. The number of hydrogen-bond donors (Lipinski definition) is 0. The van der Waals surface area contributed by atoms with Crippen LogP contribution in [0.25, 0.3) is 11.1 Å². The van der Waals surface area contributed by atoms with E-state index in [1.54, 1.807) is 39.8 Å². The molecule has 4 bridgehead atoms. The van der Waals surface area contributed by atoms with Gasteiger partial charge in [0.15, 0.2) is 0 Å². The minimum Gasteiger partial charge on any atom is -1.00 e. The van der Waals surface area contributed by atoms with Crippen LogP contribution in [0.1, 0.15) is 141 Å². The number of benzene rings is 2. The molecule has 0 amide bonds. The van der Waals surface area contributed by atoms with E-state index >= 15 is 0 Å². The third-order valence-corrected chi connectivity index (χ3v) is 18.7. The molecule has 10 rings (SSSR count). The zero-order chi connectivity index (χ0) is 26.9. The molecule has 0 aliphatic heterocycles. The Morgan fingerprint density at radius 2 is 1.07 bits per heavy atom. The molecule has 8 aliphatic rings. The molecular weight excluding hydrogens is 599 g/mol. The normalized spacial score (nSPS) is 29.4. The number of hydrogen-bond acceptors (Lipinski definition) is 0. The molecule has 0 radical (unpaired) electrons. The van der Waals surface area contributed by atoms with Crippen LogP contribution in [0.15, 0.2) is 58.5 Å².